The van der Waals surface area contributed by atoms with Gasteiger partial charge in [0.2, 0.25) is 0 Å². The van der Waals surface area contributed by atoms with E-state index >= 15 is 0 Å². The van der Waals surface area contributed by atoms with Crippen LogP contribution in [0.2, 0.25) is 5.02 Å². The Morgan fingerprint density at radius 2 is 1.78 bits per heavy atom. The molecule has 27 heavy (non-hydrogen) atoms. The van der Waals surface area contributed by atoms with Crippen molar-refractivity contribution in [2.45, 2.75) is 10.9 Å². The van der Waals surface area contributed by atoms with Crippen LogP contribution < -0.4 is 5.56 Å². The summed E-state index contributed by atoms with van der Waals surface area (Å²) in [4.78, 5) is 17.8. The van der Waals surface area contributed by atoms with Crippen molar-refractivity contribution in [1.29, 1.82) is 0 Å². The Labute approximate surface area is 164 Å². The molecule has 0 saturated heterocycles. The number of para-hydroxylation sites is 1. The molecule has 0 spiro atoms. The zero-order valence-electron chi connectivity index (χ0n) is 14.1. The fraction of sp³-hybridized carbons (Fsp3) is 0.0476. The van der Waals surface area contributed by atoms with Gasteiger partial charge in [-0.1, -0.05) is 53.7 Å². The van der Waals surface area contributed by atoms with Gasteiger partial charge in [-0.2, -0.15) is 0 Å². The Morgan fingerprint density at radius 3 is 2.56 bits per heavy atom. The quantitative estimate of drug-likeness (QED) is 0.339. The molecular formula is C21H14ClFN2OS. The Hall–Kier alpha value is -2.63. The van der Waals surface area contributed by atoms with Crippen LogP contribution in [-0.4, -0.2) is 9.55 Å². The summed E-state index contributed by atoms with van der Waals surface area (Å²) < 4.78 is 14.7. The van der Waals surface area contributed by atoms with Gasteiger partial charge in [-0.15, -0.1) is 0 Å². The van der Waals surface area contributed by atoms with Crippen molar-refractivity contribution in [2.75, 3.05) is 0 Å². The summed E-state index contributed by atoms with van der Waals surface area (Å²) in [6.45, 7) is 0. The molecule has 0 unspecified atom stereocenters. The average molecular weight is 397 g/mol. The van der Waals surface area contributed by atoms with Crippen LogP contribution in [0.25, 0.3) is 16.6 Å². The van der Waals surface area contributed by atoms with E-state index in [1.807, 2.05) is 24.3 Å². The van der Waals surface area contributed by atoms with Crippen LogP contribution in [0.3, 0.4) is 0 Å². The van der Waals surface area contributed by atoms with E-state index in [1.165, 1.54) is 23.9 Å². The first-order valence-corrected chi connectivity index (χ1v) is 9.63. The highest BCUT2D eigenvalue weighted by Gasteiger charge is 2.13. The fourth-order valence-corrected chi connectivity index (χ4v) is 3.93. The van der Waals surface area contributed by atoms with E-state index in [2.05, 4.69) is 4.98 Å². The van der Waals surface area contributed by atoms with Gasteiger partial charge in [0.05, 0.1) is 16.6 Å². The summed E-state index contributed by atoms with van der Waals surface area (Å²) in [7, 11) is 0. The van der Waals surface area contributed by atoms with Crippen molar-refractivity contribution >= 4 is 34.3 Å². The lowest BCUT2D eigenvalue weighted by atomic mass is 10.2. The summed E-state index contributed by atoms with van der Waals surface area (Å²) in [6, 6.07) is 20.7. The first-order chi connectivity index (χ1) is 13.1. The molecule has 1 aromatic heterocycles. The highest BCUT2D eigenvalue weighted by molar-refractivity contribution is 7.98. The number of fused-ring (bicyclic) bond motifs is 1. The van der Waals surface area contributed by atoms with Crippen molar-refractivity contribution in [2.24, 2.45) is 0 Å². The molecule has 4 rings (SSSR count). The van der Waals surface area contributed by atoms with Crippen LogP contribution in [0.5, 0.6) is 0 Å². The largest absolute Gasteiger partial charge is 0.268 e. The molecule has 0 atom stereocenters. The lowest BCUT2D eigenvalue weighted by molar-refractivity contribution is 0.627. The second-order valence-corrected chi connectivity index (χ2v) is 7.33. The van der Waals surface area contributed by atoms with Crippen molar-refractivity contribution in [1.82, 2.24) is 9.55 Å². The number of hydrogen-bond donors (Lipinski definition) is 0. The minimum Gasteiger partial charge on any atom is -0.268 e. The lowest BCUT2D eigenvalue weighted by Gasteiger charge is -2.13. The number of halogens is 2. The summed E-state index contributed by atoms with van der Waals surface area (Å²) in [5.74, 6) is 0.287. The minimum absolute atomic E-state index is 0.149. The molecule has 3 nitrogen and oxygen atoms in total. The zero-order valence-corrected chi connectivity index (χ0v) is 15.7. The molecule has 6 heteroatoms. The molecule has 0 aliphatic rings. The van der Waals surface area contributed by atoms with Crippen LogP contribution in [0.4, 0.5) is 4.39 Å². The summed E-state index contributed by atoms with van der Waals surface area (Å²) in [6.07, 6.45) is 0. The van der Waals surface area contributed by atoms with Gasteiger partial charge in [0.15, 0.2) is 5.16 Å². The number of benzene rings is 3. The third-order valence-electron chi connectivity index (χ3n) is 4.09. The molecule has 4 aromatic rings. The second-order valence-electron chi connectivity index (χ2n) is 5.95. The summed E-state index contributed by atoms with van der Waals surface area (Å²) in [5, 5.41) is 1.65. The van der Waals surface area contributed by atoms with Crippen molar-refractivity contribution in [3.05, 3.63) is 99.6 Å². The number of aromatic nitrogens is 2. The summed E-state index contributed by atoms with van der Waals surface area (Å²) in [5.41, 5.74) is 2.10. The van der Waals surface area contributed by atoms with E-state index in [-0.39, 0.29) is 11.4 Å². The smallest absolute Gasteiger partial charge is 0.266 e. The first kappa shape index (κ1) is 17.8. The average Bonchev–Trinajstić information content (AvgIpc) is 2.68. The second kappa shape index (κ2) is 7.55. The molecule has 0 aliphatic heterocycles. The van der Waals surface area contributed by atoms with Crippen LogP contribution in [-0.2, 0) is 5.75 Å². The molecule has 134 valence electrons. The molecule has 0 fully saturated rings. The zero-order chi connectivity index (χ0) is 18.8. The standard InChI is InChI=1S/C21H14ClFN2OS/c22-15-4-3-5-17(12-15)25-20(26)18-6-1-2-7-19(18)24-21(25)27-13-14-8-10-16(23)11-9-14/h1-12H,13H2. The number of thioether (sulfide) groups is 1. The SMILES string of the molecule is O=c1c2ccccc2nc(SCc2ccc(F)cc2)n1-c1cccc(Cl)c1. The highest BCUT2D eigenvalue weighted by Crippen LogP contribution is 2.25. The van der Waals surface area contributed by atoms with Gasteiger partial charge in [0.1, 0.15) is 5.82 Å². The van der Waals surface area contributed by atoms with E-state index in [1.54, 1.807) is 41.0 Å². The monoisotopic (exact) mass is 396 g/mol. The molecule has 0 aliphatic carbocycles. The van der Waals surface area contributed by atoms with Crippen LogP contribution in [0, 0.1) is 5.82 Å². The maximum atomic E-state index is 13.1. The van der Waals surface area contributed by atoms with Crippen LogP contribution >= 0.6 is 23.4 Å². The van der Waals surface area contributed by atoms with Gasteiger partial charge >= 0.3 is 0 Å². The Balaban J connectivity index is 1.83. The van der Waals surface area contributed by atoms with Gasteiger partial charge in [-0.3, -0.25) is 9.36 Å². The van der Waals surface area contributed by atoms with Gasteiger partial charge in [0.25, 0.3) is 5.56 Å². The van der Waals surface area contributed by atoms with Gasteiger partial charge < -0.3 is 0 Å². The number of nitrogens with zero attached hydrogens (tertiary/aromatic N) is 2. The third-order valence-corrected chi connectivity index (χ3v) is 5.34. The van der Waals surface area contributed by atoms with E-state index in [9.17, 15) is 9.18 Å². The first-order valence-electron chi connectivity index (χ1n) is 8.27. The third kappa shape index (κ3) is 3.75. The van der Waals surface area contributed by atoms with E-state index in [0.29, 0.717) is 32.5 Å². The molecule has 1 heterocycles. The predicted molar refractivity (Wildman–Crippen MR) is 108 cm³/mol. The van der Waals surface area contributed by atoms with Gasteiger partial charge in [0, 0.05) is 10.8 Å². The van der Waals surface area contributed by atoms with E-state index in [0.717, 1.165) is 5.56 Å². The van der Waals surface area contributed by atoms with Crippen molar-refractivity contribution in [3.63, 3.8) is 0 Å². The van der Waals surface area contributed by atoms with Gasteiger partial charge in [-0.05, 0) is 48.0 Å². The van der Waals surface area contributed by atoms with E-state index < -0.39 is 0 Å². The topological polar surface area (TPSA) is 34.9 Å². The lowest BCUT2D eigenvalue weighted by Crippen LogP contribution is -2.21. The van der Waals surface area contributed by atoms with E-state index in [4.69, 9.17) is 11.6 Å². The molecule has 0 bridgehead atoms. The van der Waals surface area contributed by atoms with Gasteiger partial charge in [-0.25, -0.2) is 9.37 Å². The number of rotatable bonds is 4. The molecule has 0 N–H and O–H groups in total. The Bertz CT molecular complexity index is 1170. The molecule has 0 saturated carbocycles. The maximum Gasteiger partial charge on any atom is 0.266 e. The molecule has 0 radical (unpaired) electrons. The van der Waals surface area contributed by atoms with Crippen LogP contribution in [0.1, 0.15) is 5.56 Å². The highest BCUT2D eigenvalue weighted by atomic mass is 35.5. The van der Waals surface area contributed by atoms with Crippen LogP contribution in [0.15, 0.2) is 82.7 Å². The predicted octanol–water partition coefficient (Wildman–Crippen LogP) is 5.47. The Morgan fingerprint density at radius 1 is 1.00 bits per heavy atom. The van der Waals surface area contributed by atoms with Crippen molar-refractivity contribution < 1.29 is 4.39 Å². The summed E-state index contributed by atoms with van der Waals surface area (Å²) >= 11 is 7.55. The number of hydrogen-bond acceptors (Lipinski definition) is 3. The fourth-order valence-electron chi connectivity index (χ4n) is 2.78. The molecule has 0 amide bonds. The molecule has 3 aromatic carbocycles. The molecular weight excluding hydrogens is 383 g/mol. The normalized spacial score (nSPS) is 11.0. The minimum atomic E-state index is -0.275. The van der Waals surface area contributed by atoms with Crippen molar-refractivity contribution in [3.8, 4) is 5.69 Å². The Kier molecular flexibility index (Phi) is 4.97. The maximum absolute atomic E-state index is 13.1.